The van der Waals surface area contributed by atoms with E-state index in [9.17, 15) is 0 Å². The molecule has 16 aromatic carbocycles. The highest BCUT2D eigenvalue weighted by Gasteiger charge is 2.24. The van der Waals surface area contributed by atoms with Crippen molar-refractivity contribution in [2.45, 2.75) is 0 Å². The molecular formula is C84H50S2. The van der Waals surface area contributed by atoms with Crippen molar-refractivity contribution in [2.75, 3.05) is 0 Å². The number of hydrogen-bond donors (Lipinski definition) is 0. The molecule has 0 aliphatic rings. The Balaban J connectivity index is 0.893. The van der Waals surface area contributed by atoms with Gasteiger partial charge in [0.2, 0.25) is 0 Å². The van der Waals surface area contributed by atoms with Gasteiger partial charge in [0.15, 0.2) is 0 Å². The molecule has 0 nitrogen and oxygen atoms in total. The lowest BCUT2D eigenvalue weighted by atomic mass is 9.82. The largest absolute Gasteiger partial charge is 0.135 e. The van der Waals surface area contributed by atoms with E-state index in [2.05, 4.69) is 303 Å². The van der Waals surface area contributed by atoms with Crippen molar-refractivity contribution in [3.63, 3.8) is 0 Å². The van der Waals surface area contributed by atoms with Crippen LogP contribution in [0.2, 0.25) is 0 Å². The van der Waals surface area contributed by atoms with Gasteiger partial charge in [-0.2, -0.15) is 0 Å². The number of rotatable bonds is 7. The van der Waals surface area contributed by atoms with Gasteiger partial charge in [-0.3, -0.25) is 0 Å². The lowest BCUT2D eigenvalue weighted by Gasteiger charge is -2.21. The summed E-state index contributed by atoms with van der Waals surface area (Å²) >= 11 is 3.79. The second-order valence-electron chi connectivity index (χ2n) is 22.9. The van der Waals surface area contributed by atoms with E-state index in [1.165, 1.54) is 183 Å². The van der Waals surface area contributed by atoms with Crippen LogP contribution in [-0.2, 0) is 0 Å². The van der Waals surface area contributed by atoms with Gasteiger partial charge in [0, 0.05) is 45.9 Å². The van der Waals surface area contributed by atoms with Gasteiger partial charge >= 0.3 is 0 Å². The van der Waals surface area contributed by atoms with E-state index in [1.54, 1.807) is 0 Å². The monoisotopic (exact) mass is 1120 g/mol. The molecule has 0 bridgehead atoms. The Bertz CT molecular complexity index is 5810. The Hall–Kier alpha value is -10.5. The van der Waals surface area contributed by atoms with E-state index in [0.717, 1.165) is 0 Å². The molecule has 2 aromatic heterocycles. The first-order valence-electron chi connectivity index (χ1n) is 29.6. The molecule has 2 heteroatoms. The summed E-state index contributed by atoms with van der Waals surface area (Å²) in [6.07, 6.45) is 0. The number of fused-ring (bicyclic) bond motifs is 12. The average molecular weight is 1120 g/mol. The smallest absolute Gasteiger partial charge is 0.0434 e. The summed E-state index contributed by atoms with van der Waals surface area (Å²) in [5.74, 6) is 0. The van der Waals surface area contributed by atoms with Crippen LogP contribution in [-0.4, -0.2) is 0 Å². The van der Waals surface area contributed by atoms with Crippen molar-refractivity contribution >= 4 is 128 Å². The average Bonchev–Trinajstić information content (AvgIpc) is 1.27. The van der Waals surface area contributed by atoms with Crippen molar-refractivity contribution < 1.29 is 0 Å². The number of hydrogen-bond acceptors (Lipinski definition) is 2. The molecule has 86 heavy (non-hydrogen) atoms. The first kappa shape index (κ1) is 49.0. The molecule has 0 unspecified atom stereocenters. The van der Waals surface area contributed by atoms with Crippen molar-refractivity contribution in [3.8, 4) is 77.9 Å². The minimum atomic E-state index is 1.18. The second kappa shape index (κ2) is 19.6. The zero-order valence-electron chi connectivity index (χ0n) is 46.7. The van der Waals surface area contributed by atoms with Crippen LogP contribution in [0.15, 0.2) is 303 Å². The quantitative estimate of drug-likeness (QED) is 0.140. The molecule has 18 aromatic rings. The molecule has 0 amide bonds. The summed E-state index contributed by atoms with van der Waals surface area (Å²) in [5.41, 5.74) is 17.2. The number of thiophene rings is 2. The number of benzene rings is 16. The van der Waals surface area contributed by atoms with E-state index in [1.807, 2.05) is 22.7 Å². The minimum absolute atomic E-state index is 1.18. The van der Waals surface area contributed by atoms with Crippen LogP contribution in [0.3, 0.4) is 0 Å². The maximum Gasteiger partial charge on any atom is 0.0434 e. The molecule has 18 rings (SSSR count). The molecule has 0 radical (unpaired) electrons. The summed E-state index contributed by atoms with van der Waals surface area (Å²) in [7, 11) is 0. The van der Waals surface area contributed by atoms with E-state index < -0.39 is 0 Å². The first-order valence-corrected chi connectivity index (χ1v) is 31.3. The van der Waals surface area contributed by atoms with E-state index in [4.69, 9.17) is 0 Å². The van der Waals surface area contributed by atoms with E-state index in [-0.39, 0.29) is 0 Å². The van der Waals surface area contributed by atoms with Gasteiger partial charge in [-0.15, -0.1) is 22.7 Å². The van der Waals surface area contributed by atoms with Crippen molar-refractivity contribution in [3.05, 3.63) is 303 Å². The summed E-state index contributed by atoms with van der Waals surface area (Å²) in [6.45, 7) is 0. The summed E-state index contributed by atoms with van der Waals surface area (Å²) in [6, 6.07) is 114. The van der Waals surface area contributed by atoms with Crippen LogP contribution in [0, 0.1) is 0 Å². The van der Waals surface area contributed by atoms with Gasteiger partial charge in [0.25, 0.3) is 0 Å². The highest BCUT2D eigenvalue weighted by molar-refractivity contribution is 7.26. The molecular weight excluding hydrogens is 1070 g/mol. The fourth-order valence-electron chi connectivity index (χ4n) is 14.3. The first-order chi connectivity index (χ1) is 42.6. The van der Waals surface area contributed by atoms with Crippen LogP contribution in [0.1, 0.15) is 0 Å². The van der Waals surface area contributed by atoms with Gasteiger partial charge < -0.3 is 0 Å². The van der Waals surface area contributed by atoms with Gasteiger partial charge in [0.1, 0.15) is 0 Å². The summed E-state index contributed by atoms with van der Waals surface area (Å²) < 4.78 is 5.23. The van der Waals surface area contributed by atoms with Gasteiger partial charge in [0.05, 0.1) is 0 Å². The molecule has 2 heterocycles. The van der Waals surface area contributed by atoms with Crippen LogP contribution in [0.4, 0.5) is 0 Å². The summed E-state index contributed by atoms with van der Waals surface area (Å²) in [4.78, 5) is 0. The Morgan fingerprint density at radius 1 is 0.174 bits per heavy atom. The second-order valence-corrected chi connectivity index (χ2v) is 25.0. The molecule has 0 saturated heterocycles. The fourth-order valence-corrected chi connectivity index (χ4v) is 16.7. The molecule has 0 spiro atoms. The predicted molar refractivity (Wildman–Crippen MR) is 375 cm³/mol. The maximum absolute atomic E-state index is 2.51. The third-order valence-corrected chi connectivity index (χ3v) is 20.6. The van der Waals surface area contributed by atoms with Gasteiger partial charge in [-0.1, -0.05) is 267 Å². The van der Waals surface area contributed by atoms with Crippen molar-refractivity contribution in [1.82, 2.24) is 0 Å². The Kier molecular flexibility index (Phi) is 11.1. The zero-order valence-corrected chi connectivity index (χ0v) is 48.3. The zero-order chi connectivity index (χ0) is 56.4. The van der Waals surface area contributed by atoms with Gasteiger partial charge in [-0.25, -0.2) is 0 Å². The molecule has 0 aliphatic carbocycles. The predicted octanol–water partition coefficient (Wildman–Crippen LogP) is 25.0. The van der Waals surface area contributed by atoms with Crippen molar-refractivity contribution in [1.29, 1.82) is 0 Å². The topological polar surface area (TPSA) is 0 Å². The third-order valence-electron chi connectivity index (χ3n) is 18.3. The fraction of sp³-hybridized carbons (Fsp3) is 0. The van der Waals surface area contributed by atoms with E-state index in [0.29, 0.717) is 0 Å². The minimum Gasteiger partial charge on any atom is -0.135 e. The van der Waals surface area contributed by atoms with Gasteiger partial charge in [-0.05, 0) is 173 Å². The third kappa shape index (κ3) is 7.67. The Morgan fingerprint density at radius 3 is 1.29 bits per heavy atom. The SMILES string of the molecule is c1ccc2cc(-c3ccc(-c4c5ccccc5c(-c5cccc6sc7ccccc7c56)c5ccc(-c6ccc7c(-c8ccc(-c9cccc%10ccccc9%10)cc8)c8ccccc8c(-c8cccc9c8sc8ccccc89)c7c6)cc45)cc3)ccc2c1. The van der Waals surface area contributed by atoms with Crippen LogP contribution in [0.5, 0.6) is 0 Å². The Morgan fingerprint density at radius 2 is 0.581 bits per heavy atom. The molecule has 0 fully saturated rings. The standard InChI is InChI=1S/C84H50S2/c1-2-18-57-48-58(43-36-51(57)16-1)52-34-39-56(40-35-52)80-65-23-6-7-24-66(65)81(72-29-15-33-78-83(72)71-26-10-12-32-77(71)85-78)69-47-45-59(49-74(69)80)60-44-46-68-75(50-60)82(73-30-14-28-70-63-21-9-11-31-76(63)86-84(70)73)67-25-8-5-22-64(67)79(68)55-41-37-54(38-42-55)62-27-13-19-53-17-3-4-20-61(53)62/h1-50H. The molecule has 0 N–H and O–H groups in total. The van der Waals surface area contributed by atoms with Crippen LogP contribution >= 0.6 is 22.7 Å². The Labute approximate surface area is 505 Å². The highest BCUT2D eigenvalue weighted by atomic mass is 32.1. The van der Waals surface area contributed by atoms with Crippen LogP contribution < -0.4 is 0 Å². The lowest BCUT2D eigenvalue weighted by molar-refractivity contribution is 1.62. The molecule has 0 atom stereocenters. The molecule has 0 aliphatic heterocycles. The van der Waals surface area contributed by atoms with E-state index >= 15 is 0 Å². The molecule has 398 valence electrons. The highest BCUT2D eigenvalue weighted by Crippen LogP contribution is 2.52. The molecule has 0 saturated carbocycles. The maximum atomic E-state index is 2.51. The normalized spacial score (nSPS) is 12.0. The lowest BCUT2D eigenvalue weighted by Crippen LogP contribution is -1.93. The summed E-state index contributed by atoms with van der Waals surface area (Å²) in [5, 5.41) is 20.1. The van der Waals surface area contributed by atoms with Crippen molar-refractivity contribution in [2.24, 2.45) is 0 Å². The van der Waals surface area contributed by atoms with Crippen LogP contribution in [0.25, 0.3) is 183 Å².